The molecule has 0 saturated carbocycles. The third kappa shape index (κ3) is 3.28. The zero-order valence-corrected chi connectivity index (χ0v) is 18.3. The molecule has 0 bridgehead atoms. The molecule has 1 aliphatic rings. The lowest BCUT2D eigenvalue weighted by atomic mass is 9.98. The van der Waals surface area contributed by atoms with E-state index in [0.717, 1.165) is 11.4 Å². The molecule has 0 N–H and O–H groups in total. The van der Waals surface area contributed by atoms with E-state index in [-0.39, 0.29) is 23.4 Å². The Kier molecular flexibility index (Phi) is 4.84. The zero-order chi connectivity index (χ0) is 22.4. The number of aryl methyl sites for hydroxylation is 1. The highest BCUT2D eigenvalue weighted by Crippen LogP contribution is 2.33. The van der Waals surface area contributed by atoms with E-state index in [1.807, 2.05) is 39.9 Å². The maximum atomic E-state index is 13.6. The minimum absolute atomic E-state index is 0.0939. The molecule has 8 nitrogen and oxygen atoms in total. The molecule has 1 aliphatic heterocycles. The molecular weight excluding hydrogens is 404 g/mol. The molecule has 0 spiro atoms. The van der Waals surface area contributed by atoms with Crippen molar-refractivity contribution in [1.29, 1.82) is 0 Å². The smallest absolute Gasteiger partial charge is 0.260 e. The molecule has 8 heteroatoms. The highest BCUT2D eigenvalue weighted by Gasteiger charge is 2.36. The molecule has 0 aliphatic carbocycles. The van der Waals surface area contributed by atoms with E-state index >= 15 is 0 Å². The first-order chi connectivity index (χ1) is 15.4. The standard InChI is InChI=1S/C24H24N6O2/c1-15(2)20-22-26-21(16-7-5-4-6-8-16)27-30(22)12-11-29(20)23(31)17-9-10-18-19(13-17)25-14-28(3)24(18)32/h4-10,13-15,20H,11-12H2,1-3H3/t20-/m0/s1. The second-order valence-electron chi connectivity index (χ2n) is 8.46. The number of amides is 1. The second-order valence-corrected chi connectivity index (χ2v) is 8.46. The summed E-state index contributed by atoms with van der Waals surface area (Å²) >= 11 is 0. The Morgan fingerprint density at radius 1 is 1.09 bits per heavy atom. The summed E-state index contributed by atoms with van der Waals surface area (Å²) in [6, 6.07) is 14.8. The highest BCUT2D eigenvalue weighted by molar-refractivity contribution is 5.98. The first kappa shape index (κ1) is 20.1. The molecule has 3 heterocycles. The molecule has 2 aromatic carbocycles. The molecule has 32 heavy (non-hydrogen) atoms. The predicted molar refractivity (Wildman–Crippen MR) is 121 cm³/mol. The molecule has 0 fully saturated rings. The van der Waals surface area contributed by atoms with E-state index in [4.69, 9.17) is 10.1 Å². The number of rotatable bonds is 3. The van der Waals surface area contributed by atoms with E-state index in [1.165, 1.54) is 10.9 Å². The van der Waals surface area contributed by atoms with Crippen molar-refractivity contribution in [2.45, 2.75) is 26.4 Å². The number of hydrogen-bond donors (Lipinski definition) is 0. The van der Waals surface area contributed by atoms with Crippen molar-refractivity contribution >= 4 is 16.8 Å². The van der Waals surface area contributed by atoms with Crippen LogP contribution >= 0.6 is 0 Å². The Balaban J connectivity index is 1.52. The van der Waals surface area contributed by atoms with Gasteiger partial charge in [-0.15, -0.1) is 0 Å². The number of carbonyl (C=O) groups excluding carboxylic acids is 1. The number of fused-ring (bicyclic) bond motifs is 2. The van der Waals surface area contributed by atoms with Crippen molar-refractivity contribution in [3.63, 3.8) is 0 Å². The molecule has 5 rings (SSSR count). The molecule has 0 saturated heterocycles. The highest BCUT2D eigenvalue weighted by atomic mass is 16.2. The maximum Gasteiger partial charge on any atom is 0.260 e. The second kappa shape index (κ2) is 7.71. The summed E-state index contributed by atoms with van der Waals surface area (Å²) in [6.07, 6.45) is 1.48. The fourth-order valence-electron chi connectivity index (χ4n) is 4.32. The Labute approximate surface area is 185 Å². The quantitative estimate of drug-likeness (QED) is 0.501. The van der Waals surface area contributed by atoms with Crippen LogP contribution in [0, 0.1) is 5.92 Å². The van der Waals surface area contributed by atoms with Gasteiger partial charge in [0.25, 0.3) is 11.5 Å². The van der Waals surface area contributed by atoms with Crippen molar-refractivity contribution in [3.8, 4) is 11.4 Å². The van der Waals surface area contributed by atoms with Crippen molar-refractivity contribution in [1.82, 2.24) is 29.2 Å². The number of carbonyl (C=O) groups is 1. The maximum absolute atomic E-state index is 13.6. The summed E-state index contributed by atoms with van der Waals surface area (Å²) in [7, 11) is 1.66. The van der Waals surface area contributed by atoms with E-state index in [2.05, 4.69) is 18.8 Å². The first-order valence-corrected chi connectivity index (χ1v) is 10.7. The van der Waals surface area contributed by atoms with Gasteiger partial charge in [0.15, 0.2) is 11.6 Å². The molecule has 0 radical (unpaired) electrons. The van der Waals surface area contributed by atoms with Crippen LogP contribution in [0.5, 0.6) is 0 Å². The van der Waals surface area contributed by atoms with Crippen LogP contribution in [0.4, 0.5) is 0 Å². The lowest BCUT2D eigenvalue weighted by Crippen LogP contribution is -2.44. The van der Waals surface area contributed by atoms with Gasteiger partial charge >= 0.3 is 0 Å². The van der Waals surface area contributed by atoms with Gasteiger partial charge in [-0.1, -0.05) is 44.2 Å². The summed E-state index contributed by atoms with van der Waals surface area (Å²) in [4.78, 5) is 36.9. The molecule has 4 aromatic rings. The Morgan fingerprint density at radius 3 is 2.62 bits per heavy atom. The summed E-state index contributed by atoms with van der Waals surface area (Å²) in [5.41, 5.74) is 1.86. The largest absolute Gasteiger partial charge is 0.326 e. The van der Waals surface area contributed by atoms with Crippen molar-refractivity contribution < 1.29 is 4.79 Å². The van der Waals surface area contributed by atoms with Crippen LogP contribution in [0.3, 0.4) is 0 Å². The van der Waals surface area contributed by atoms with Crippen LogP contribution in [0.2, 0.25) is 0 Å². The van der Waals surface area contributed by atoms with Crippen LogP contribution in [0.25, 0.3) is 22.3 Å². The Morgan fingerprint density at radius 2 is 1.88 bits per heavy atom. The van der Waals surface area contributed by atoms with Crippen molar-refractivity contribution in [2.75, 3.05) is 6.54 Å². The van der Waals surface area contributed by atoms with Crippen molar-refractivity contribution in [2.24, 2.45) is 13.0 Å². The minimum atomic E-state index is -0.200. The summed E-state index contributed by atoms with van der Waals surface area (Å²) in [5, 5.41) is 5.20. The van der Waals surface area contributed by atoms with Gasteiger partial charge in [0.05, 0.1) is 29.8 Å². The number of hydrogen-bond acceptors (Lipinski definition) is 5. The van der Waals surface area contributed by atoms with Gasteiger partial charge in [-0.25, -0.2) is 14.6 Å². The zero-order valence-electron chi connectivity index (χ0n) is 18.3. The minimum Gasteiger partial charge on any atom is -0.326 e. The van der Waals surface area contributed by atoms with Crippen LogP contribution in [0.15, 0.2) is 59.7 Å². The average molecular weight is 428 g/mol. The lowest BCUT2D eigenvalue weighted by molar-refractivity contribution is 0.0537. The number of benzene rings is 2. The molecule has 0 unspecified atom stereocenters. The van der Waals surface area contributed by atoms with Crippen LogP contribution < -0.4 is 5.56 Å². The van der Waals surface area contributed by atoms with E-state index in [0.29, 0.717) is 35.4 Å². The fraction of sp³-hybridized carbons (Fsp3) is 0.292. The molecule has 1 amide bonds. The van der Waals surface area contributed by atoms with Gasteiger partial charge in [0, 0.05) is 24.7 Å². The number of aromatic nitrogens is 5. The Hall–Kier alpha value is -3.81. The monoisotopic (exact) mass is 428 g/mol. The van der Waals surface area contributed by atoms with Gasteiger partial charge in [-0.2, -0.15) is 5.10 Å². The van der Waals surface area contributed by atoms with Gasteiger partial charge < -0.3 is 9.47 Å². The molecular formula is C24H24N6O2. The van der Waals surface area contributed by atoms with Crippen LogP contribution in [-0.4, -0.2) is 41.7 Å². The lowest BCUT2D eigenvalue weighted by Gasteiger charge is -2.37. The van der Waals surface area contributed by atoms with Gasteiger partial charge in [-0.05, 0) is 24.1 Å². The topological polar surface area (TPSA) is 85.9 Å². The van der Waals surface area contributed by atoms with Crippen LogP contribution in [-0.2, 0) is 13.6 Å². The third-order valence-corrected chi connectivity index (χ3v) is 5.94. The normalized spacial score (nSPS) is 15.9. The van der Waals surface area contributed by atoms with Gasteiger partial charge in [0.1, 0.15) is 0 Å². The summed E-state index contributed by atoms with van der Waals surface area (Å²) in [6.45, 7) is 5.29. The molecule has 2 aromatic heterocycles. The number of nitrogens with zero attached hydrogens (tertiary/aromatic N) is 6. The van der Waals surface area contributed by atoms with Crippen LogP contribution in [0.1, 0.15) is 36.1 Å². The first-order valence-electron chi connectivity index (χ1n) is 10.7. The SMILES string of the molecule is CC(C)[C@H]1c2nc(-c3ccccc3)nn2CCN1C(=O)c1ccc2c(=O)n(C)cnc2c1. The summed E-state index contributed by atoms with van der Waals surface area (Å²) < 4.78 is 3.35. The summed E-state index contributed by atoms with van der Waals surface area (Å²) in [5.74, 6) is 1.53. The predicted octanol–water partition coefficient (Wildman–Crippen LogP) is 3.05. The van der Waals surface area contributed by atoms with E-state index in [1.54, 1.807) is 25.2 Å². The van der Waals surface area contributed by atoms with Gasteiger partial charge in [0.2, 0.25) is 0 Å². The molecule has 162 valence electrons. The van der Waals surface area contributed by atoms with Gasteiger partial charge in [-0.3, -0.25) is 9.59 Å². The van der Waals surface area contributed by atoms with Crippen molar-refractivity contribution in [3.05, 3.63) is 76.6 Å². The fourth-order valence-corrected chi connectivity index (χ4v) is 4.32. The average Bonchev–Trinajstić information content (AvgIpc) is 3.25. The Bertz CT molecular complexity index is 1370. The van der Waals surface area contributed by atoms with E-state index < -0.39 is 0 Å². The molecule has 1 atom stereocenters. The van der Waals surface area contributed by atoms with E-state index in [9.17, 15) is 9.59 Å². The third-order valence-electron chi connectivity index (χ3n) is 5.94.